The zero-order valence-electron chi connectivity index (χ0n) is 13.8. The molecule has 0 bridgehead atoms. The lowest BCUT2D eigenvalue weighted by molar-refractivity contribution is 0.0760. The maximum Gasteiger partial charge on any atom is 0.161 e. The number of hydrogen-bond donors (Lipinski definition) is 1. The fraction of sp³-hybridized carbons (Fsp3) is 0.647. The SMILES string of the molecule is CCOc1cc(CNCCCCOC(C)C)ccc1OC. The Bertz CT molecular complexity index is 394. The fourth-order valence-corrected chi connectivity index (χ4v) is 2.00. The van der Waals surface area contributed by atoms with Crippen molar-refractivity contribution in [2.24, 2.45) is 0 Å². The number of benzene rings is 1. The third-order valence-corrected chi connectivity index (χ3v) is 3.06. The summed E-state index contributed by atoms with van der Waals surface area (Å²) in [4.78, 5) is 0. The van der Waals surface area contributed by atoms with Gasteiger partial charge in [-0.1, -0.05) is 6.07 Å². The van der Waals surface area contributed by atoms with Crippen LogP contribution in [0.2, 0.25) is 0 Å². The molecule has 0 aliphatic rings. The minimum Gasteiger partial charge on any atom is -0.493 e. The predicted octanol–water partition coefficient (Wildman–Crippen LogP) is 3.39. The Hall–Kier alpha value is -1.26. The van der Waals surface area contributed by atoms with Gasteiger partial charge in [-0.25, -0.2) is 0 Å². The van der Waals surface area contributed by atoms with Crippen LogP contribution in [-0.2, 0) is 11.3 Å². The number of nitrogens with one attached hydrogen (secondary N) is 1. The molecule has 0 atom stereocenters. The predicted molar refractivity (Wildman–Crippen MR) is 86.2 cm³/mol. The molecular weight excluding hydrogens is 266 g/mol. The van der Waals surface area contributed by atoms with Gasteiger partial charge in [0.05, 0.1) is 19.8 Å². The van der Waals surface area contributed by atoms with Crippen molar-refractivity contribution in [1.29, 1.82) is 0 Å². The van der Waals surface area contributed by atoms with Gasteiger partial charge in [0.2, 0.25) is 0 Å². The summed E-state index contributed by atoms with van der Waals surface area (Å²) in [6, 6.07) is 6.06. The minimum absolute atomic E-state index is 0.328. The van der Waals surface area contributed by atoms with Crippen molar-refractivity contribution >= 4 is 0 Å². The van der Waals surface area contributed by atoms with Crippen molar-refractivity contribution in [2.75, 3.05) is 26.9 Å². The molecule has 0 spiro atoms. The monoisotopic (exact) mass is 295 g/mol. The molecule has 0 unspecified atom stereocenters. The van der Waals surface area contributed by atoms with Gasteiger partial charge in [0.15, 0.2) is 11.5 Å². The smallest absolute Gasteiger partial charge is 0.161 e. The number of hydrogen-bond acceptors (Lipinski definition) is 4. The van der Waals surface area contributed by atoms with Gasteiger partial charge in [-0.3, -0.25) is 0 Å². The first-order valence-corrected chi connectivity index (χ1v) is 7.79. The van der Waals surface area contributed by atoms with Crippen LogP contribution in [-0.4, -0.2) is 33.0 Å². The van der Waals surface area contributed by atoms with Gasteiger partial charge >= 0.3 is 0 Å². The van der Waals surface area contributed by atoms with Crippen LogP contribution in [0.15, 0.2) is 18.2 Å². The molecule has 21 heavy (non-hydrogen) atoms. The van der Waals surface area contributed by atoms with Crippen LogP contribution in [0.1, 0.15) is 39.2 Å². The lowest BCUT2D eigenvalue weighted by Crippen LogP contribution is -2.15. The van der Waals surface area contributed by atoms with Crippen molar-refractivity contribution in [1.82, 2.24) is 5.32 Å². The highest BCUT2D eigenvalue weighted by Crippen LogP contribution is 2.27. The number of ether oxygens (including phenoxy) is 3. The van der Waals surface area contributed by atoms with Gasteiger partial charge in [-0.15, -0.1) is 0 Å². The summed E-state index contributed by atoms with van der Waals surface area (Å²) in [5.74, 6) is 1.59. The third kappa shape index (κ3) is 7.34. The van der Waals surface area contributed by atoms with Crippen LogP contribution in [0, 0.1) is 0 Å². The van der Waals surface area contributed by atoms with Crippen LogP contribution in [0.5, 0.6) is 11.5 Å². The quantitative estimate of drug-likeness (QED) is 0.635. The highest BCUT2D eigenvalue weighted by Gasteiger charge is 2.05. The number of rotatable bonds is 11. The van der Waals surface area contributed by atoms with Crippen molar-refractivity contribution < 1.29 is 14.2 Å². The van der Waals surface area contributed by atoms with Gasteiger partial charge in [-0.05, 0) is 57.9 Å². The molecule has 1 N–H and O–H groups in total. The molecule has 1 aromatic rings. The van der Waals surface area contributed by atoms with E-state index in [-0.39, 0.29) is 0 Å². The van der Waals surface area contributed by atoms with Gasteiger partial charge < -0.3 is 19.5 Å². The molecule has 1 aromatic carbocycles. The largest absolute Gasteiger partial charge is 0.493 e. The average molecular weight is 295 g/mol. The van der Waals surface area contributed by atoms with E-state index in [1.165, 1.54) is 5.56 Å². The van der Waals surface area contributed by atoms with Gasteiger partial charge in [-0.2, -0.15) is 0 Å². The second-order valence-electron chi connectivity index (χ2n) is 5.22. The zero-order chi connectivity index (χ0) is 15.5. The second-order valence-corrected chi connectivity index (χ2v) is 5.22. The summed E-state index contributed by atoms with van der Waals surface area (Å²) in [6.45, 7) is 9.44. The first-order valence-electron chi connectivity index (χ1n) is 7.79. The summed E-state index contributed by atoms with van der Waals surface area (Å²) in [5, 5.41) is 3.44. The zero-order valence-corrected chi connectivity index (χ0v) is 13.8. The van der Waals surface area contributed by atoms with Crippen LogP contribution in [0.4, 0.5) is 0 Å². The summed E-state index contributed by atoms with van der Waals surface area (Å²) < 4.78 is 16.4. The molecule has 0 amide bonds. The normalized spacial score (nSPS) is 10.9. The van der Waals surface area contributed by atoms with E-state index in [0.29, 0.717) is 12.7 Å². The van der Waals surface area contributed by atoms with Crippen LogP contribution < -0.4 is 14.8 Å². The van der Waals surface area contributed by atoms with Gasteiger partial charge in [0, 0.05) is 13.2 Å². The maximum absolute atomic E-state index is 5.58. The van der Waals surface area contributed by atoms with Crippen LogP contribution >= 0.6 is 0 Å². The lowest BCUT2D eigenvalue weighted by Gasteiger charge is -2.12. The summed E-state index contributed by atoms with van der Waals surface area (Å²) in [5.41, 5.74) is 1.21. The maximum atomic E-state index is 5.58. The summed E-state index contributed by atoms with van der Waals surface area (Å²) in [6.07, 6.45) is 2.55. The van der Waals surface area contributed by atoms with E-state index in [2.05, 4.69) is 25.2 Å². The lowest BCUT2D eigenvalue weighted by atomic mass is 10.2. The Balaban J connectivity index is 2.27. The standard InChI is InChI=1S/C17H29NO3/c1-5-20-17-12-15(8-9-16(17)19-4)13-18-10-6-7-11-21-14(2)3/h8-9,12,14,18H,5-7,10-11,13H2,1-4H3. The van der Waals surface area contributed by atoms with Crippen molar-refractivity contribution in [3.05, 3.63) is 23.8 Å². The summed E-state index contributed by atoms with van der Waals surface area (Å²) >= 11 is 0. The van der Waals surface area contributed by atoms with Gasteiger partial charge in [0.1, 0.15) is 0 Å². The van der Waals surface area contributed by atoms with Crippen LogP contribution in [0.3, 0.4) is 0 Å². The molecule has 0 aliphatic heterocycles. The van der Waals surface area contributed by atoms with Crippen molar-refractivity contribution in [2.45, 2.75) is 46.3 Å². The third-order valence-electron chi connectivity index (χ3n) is 3.06. The first kappa shape index (κ1) is 17.8. The Morgan fingerprint density at radius 2 is 1.95 bits per heavy atom. The Kier molecular flexibility index (Phi) is 8.87. The molecule has 120 valence electrons. The molecule has 0 aromatic heterocycles. The first-order chi connectivity index (χ1) is 10.2. The fourth-order valence-electron chi connectivity index (χ4n) is 2.00. The Morgan fingerprint density at radius 3 is 2.62 bits per heavy atom. The summed E-state index contributed by atoms with van der Waals surface area (Å²) in [7, 11) is 1.66. The van der Waals surface area contributed by atoms with E-state index in [9.17, 15) is 0 Å². The molecule has 0 saturated heterocycles. The second kappa shape index (κ2) is 10.5. The van der Waals surface area contributed by atoms with Crippen molar-refractivity contribution in [3.63, 3.8) is 0 Å². The average Bonchev–Trinajstić information content (AvgIpc) is 2.46. The van der Waals surface area contributed by atoms with E-state index in [0.717, 1.165) is 44.0 Å². The molecule has 1 rings (SSSR count). The molecule has 0 saturated carbocycles. The molecule has 0 fully saturated rings. The molecule has 4 heteroatoms. The van der Waals surface area contributed by atoms with Crippen LogP contribution in [0.25, 0.3) is 0 Å². The molecule has 0 heterocycles. The highest BCUT2D eigenvalue weighted by atomic mass is 16.5. The Morgan fingerprint density at radius 1 is 1.14 bits per heavy atom. The van der Waals surface area contributed by atoms with E-state index < -0.39 is 0 Å². The van der Waals surface area contributed by atoms with E-state index in [4.69, 9.17) is 14.2 Å². The topological polar surface area (TPSA) is 39.7 Å². The van der Waals surface area contributed by atoms with Gasteiger partial charge in [0.25, 0.3) is 0 Å². The van der Waals surface area contributed by atoms with E-state index in [1.54, 1.807) is 7.11 Å². The number of unbranched alkanes of at least 4 members (excludes halogenated alkanes) is 1. The molecule has 0 radical (unpaired) electrons. The number of methoxy groups -OCH3 is 1. The minimum atomic E-state index is 0.328. The van der Waals surface area contributed by atoms with E-state index >= 15 is 0 Å². The highest BCUT2D eigenvalue weighted by molar-refractivity contribution is 5.42. The van der Waals surface area contributed by atoms with Crippen molar-refractivity contribution in [3.8, 4) is 11.5 Å². The molecular formula is C17H29NO3. The molecule has 0 aliphatic carbocycles. The Labute approximate surface area is 128 Å². The molecule has 4 nitrogen and oxygen atoms in total. The van der Waals surface area contributed by atoms with E-state index in [1.807, 2.05) is 19.1 Å².